The molecule has 1 fully saturated rings. The third-order valence-corrected chi connectivity index (χ3v) is 7.07. The van der Waals surface area contributed by atoms with Crippen LogP contribution in [0.3, 0.4) is 0 Å². The molecule has 0 atom stereocenters. The first-order valence-electron chi connectivity index (χ1n) is 17.4. The molecule has 1 heterocycles. The first kappa shape index (κ1) is 44.7. The molecule has 0 saturated carbocycles. The van der Waals surface area contributed by atoms with Gasteiger partial charge in [0, 0.05) is 50.4 Å². The van der Waals surface area contributed by atoms with E-state index in [9.17, 15) is 34.1 Å². The second-order valence-corrected chi connectivity index (χ2v) is 16.9. The molecule has 0 radical (unpaired) electrons. The van der Waals surface area contributed by atoms with Crippen molar-refractivity contribution >= 4 is 41.6 Å². The first-order valence-corrected chi connectivity index (χ1v) is 17.4. The van der Waals surface area contributed by atoms with Gasteiger partial charge in [-0.3, -0.25) is 34.8 Å². The molecule has 3 amide bonds. The number of amides is 3. The highest BCUT2D eigenvalue weighted by Gasteiger charge is 2.51. The normalized spacial score (nSPS) is 15.7. The molecular formula is C36H57N5O12. The maximum absolute atomic E-state index is 14.2. The van der Waals surface area contributed by atoms with E-state index in [0.717, 1.165) is 4.90 Å². The van der Waals surface area contributed by atoms with E-state index in [-0.39, 0.29) is 63.7 Å². The van der Waals surface area contributed by atoms with Crippen molar-refractivity contribution in [2.24, 2.45) is 0 Å². The summed E-state index contributed by atoms with van der Waals surface area (Å²) in [4.78, 5) is 82.3. The fourth-order valence-electron chi connectivity index (χ4n) is 5.35. The van der Waals surface area contributed by atoms with Gasteiger partial charge in [0.15, 0.2) is 0 Å². The predicted octanol–water partition coefficient (Wildman–Crippen LogP) is 5.75. The quantitative estimate of drug-likeness (QED) is 0.131. The molecule has 0 aromatic heterocycles. The number of imide groups is 1. The van der Waals surface area contributed by atoms with Gasteiger partial charge in [0.1, 0.15) is 22.4 Å². The number of nitro groups is 1. The van der Waals surface area contributed by atoms with Gasteiger partial charge in [0.25, 0.3) is 5.69 Å². The van der Waals surface area contributed by atoms with E-state index < -0.39 is 63.1 Å². The van der Waals surface area contributed by atoms with E-state index in [4.69, 9.17) is 23.7 Å². The third kappa shape index (κ3) is 16.4. The van der Waals surface area contributed by atoms with E-state index in [1.807, 2.05) is 0 Å². The molecule has 1 aromatic rings. The summed E-state index contributed by atoms with van der Waals surface area (Å²) in [5.74, 6) is -1.13. The van der Waals surface area contributed by atoms with Crippen LogP contribution in [0.5, 0.6) is 0 Å². The van der Waals surface area contributed by atoms with Crippen molar-refractivity contribution in [1.29, 1.82) is 0 Å². The summed E-state index contributed by atoms with van der Waals surface area (Å²) in [5, 5.41) is 13.5. The van der Waals surface area contributed by atoms with E-state index in [1.54, 1.807) is 92.9 Å². The van der Waals surface area contributed by atoms with Crippen molar-refractivity contribution < 1.29 is 52.6 Å². The summed E-state index contributed by atoms with van der Waals surface area (Å²) < 4.78 is 28.2. The Morgan fingerprint density at radius 3 is 1.47 bits per heavy atom. The number of carbonyl (C=O) groups is 5. The van der Waals surface area contributed by atoms with Crippen LogP contribution in [-0.2, 0) is 33.3 Å². The second kappa shape index (κ2) is 17.5. The number of rotatable bonds is 10. The lowest BCUT2D eigenvalue weighted by Crippen LogP contribution is -2.65. The number of non-ortho nitro benzene ring substituents is 1. The average molecular weight is 752 g/mol. The molecule has 0 bridgehead atoms. The van der Waals surface area contributed by atoms with Gasteiger partial charge in [0.2, 0.25) is 0 Å². The third-order valence-electron chi connectivity index (χ3n) is 7.07. The number of ether oxygens (including phenoxy) is 5. The Balaban J connectivity index is 2.65. The number of hydrogen-bond acceptors (Lipinski definition) is 14. The fourth-order valence-corrected chi connectivity index (χ4v) is 5.35. The number of esters is 2. The Morgan fingerprint density at radius 1 is 0.717 bits per heavy atom. The van der Waals surface area contributed by atoms with Crippen LogP contribution in [-0.4, -0.2) is 124 Å². The molecule has 53 heavy (non-hydrogen) atoms. The van der Waals surface area contributed by atoms with Gasteiger partial charge in [-0.05, 0) is 95.2 Å². The average Bonchev–Trinajstić information content (AvgIpc) is 3.08. The Kier molecular flexibility index (Phi) is 14.8. The standard InChI is InChI=1S/C36H57N5O12/c1-32(2,3)50-27(42)21-38-18-19-39(22-28(43)51-33(4,5)6)24-36(23-38,40(30(45)52-34(7,8)9)31(46)53-35(10,11)12)17-20-49-29(44)37-25-13-15-26(16-14-25)41(47)48/h13-16H,17-24H2,1-12H3,(H,37,44). The van der Waals surface area contributed by atoms with Gasteiger partial charge < -0.3 is 23.7 Å². The maximum atomic E-state index is 14.2. The summed E-state index contributed by atoms with van der Waals surface area (Å²) in [6, 6.07) is 5.10. The Morgan fingerprint density at radius 2 is 1.11 bits per heavy atom. The molecule has 298 valence electrons. The number of anilines is 1. The summed E-state index contributed by atoms with van der Waals surface area (Å²) in [6.45, 7) is 19.5. The van der Waals surface area contributed by atoms with Gasteiger partial charge in [-0.2, -0.15) is 0 Å². The van der Waals surface area contributed by atoms with Crippen LogP contribution >= 0.6 is 0 Å². The molecule has 1 aliphatic heterocycles. The number of benzene rings is 1. The Hall–Kier alpha value is -4.51. The van der Waals surface area contributed by atoms with Crippen LogP contribution in [0.25, 0.3) is 0 Å². The molecule has 17 heteroatoms. The number of carbonyl (C=O) groups excluding carboxylic acids is 5. The number of nitrogens with one attached hydrogen (secondary N) is 1. The number of hydrogen-bond donors (Lipinski definition) is 1. The largest absolute Gasteiger partial charge is 0.459 e. The Bertz CT molecular complexity index is 1400. The molecule has 0 unspecified atom stereocenters. The molecule has 1 aliphatic rings. The lowest BCUT2D eigenvalue weighted by Gasteiger charge is -2.45. The number of nitrogens with zero attached hydrogens (tertiary/aromatic N) is 4. The highest BCUT2D eigenvalue weighted by Crippen LogP contribution is 2.31. The smallest absolute Gasteiger partial charge is 0.420 e. The van der Waals surface area contributed by atoms with Crippen LogP contribution in [0.4, 0.5) is 25.8 Å². The van der Waals surface area contributed by atoms with Gasteiger partial charge in [-0.1, -0.05) is 0 Å². The Labute approximate surface area is 311 Å². The van der Waals surface area contributed by atoms with E-state index in [2.05, 4.69) is 5.32 Å². The maximum Gasteiger partial charge on any atom is 0.420 e. The van der Waals surface area contributed by atoms with Crippen molar-refractivity contribution in [3.05, 3.63) is 34.4 Å². The van der Waals surface area contributed by atoms with Crippen LogP contribution in [0.2, 0.25) is 0 Å². The predicted molar refractivity (Wildman–Crippen MR) is 194 cm³/mol. The minimum atomic E-state index is -1.64. The zero-order valence-electron chi connectivity index (χ0n) is 33.2. The number of nitro benzene ring substituents is 1. The first-order chi connectivity index (χ1) is 24.1. The summed E-state index contributed by atoms with van der Waals surface area (Å²) >= 11 is 0. The second-order valence-electron chi connectivity index (χ2n) is 16.9. The van der Waals surface area contributed by atoms with Crippen molar-refractivity contribution in [1.82, 2.24) is 14.7 Å². The van der Waals surface area contributed by atoms with Crippen molar-refractivity contribution in [2.45, 2.75) is 117 Å². The lowest BCUT2D eigenvalue weighted by atomic mass is 9.92. The molecule has 1 saturated heterocycles. The summed E-state index contributed by atoms with van der Waals surface area (Å²) in [5.41, 5.74) is -5.30. The minimum absolute atomic E-state index is 0.136. The van der Waals surface area contributed by atoms with Gasteiger partial charge in [-0.15, -0.1) is 0 Å². The zero-order valence-corrected chi connectivity index (χ0v) is 33.2. The van der Waals surface area contributed by atoms with Crippen LogP contribution in [0, 0.1) is 10.1 Å². The van der Waals surface area contributed by atoms with Crippen molar-refractivity contribution in [2.75, 3.05) is 51.2 Å². The summed E-state index contributed by atoms with van der Waals surface area (Å²) in [6.07, 6.45) is -3.23. The van der Waals surface area contributed by atoms with Crippen LogP contribution < -0.4 is 5.32 Å². The van der Waals surface area contributed by atoms with Crippen molar-refractivity contribution in [3.8, 4) is 0 Å². The highest BCUT2D eigenvalue weighted by atomic mass is 16.6. The van der Waals surface area contributed by atoms with Crippen molar-refractivity contribution in [3.63, 3.8) is 0 Å². The van der Waals surface area contributed by atoms with Gasteiger partial charge in [-0.25, -0.2) is 19.3 Å². The van der Waals surface area contributed by atoms with Gasteiger partial charge >= 0.3 is 30.2 Å². The van der Waals surface area contributed by atoms with E-state index in [0.29, 0.717) is 0 Å². The van der Waals surface area contributed by atoms with E-state index in [1.165, 1.54) is 24.3 Å². The molecule has 1 N–H and O–H groups in total. The minimum Gasteiger partial charge on any atom is -0.459 e. The fraction of sp³-hybridized carbons (Fsp3) is 0.694. The van der Waals surface area contributed by atoms with E-state index >= 15 is 0 Å². The summed E-state index contributed by atoms with van der Waals surface area (Å²) in [7, 11) is 0. The monoisotopic (exact) mass is 751 g/mol. The molecular weight excluding hydrogens is 694 g/mol. The SMILES string of the molecule is CC(C)(C)OC(=O)CN1CCN(CC(=O)OC(C)(C)C)CC(CCOC(=O)Nc2ccc([N+](=O)[O-])cc2)(N(C(=O)OC(C)(C)C)C(=O)OC(C)(C)C)C1. The van der Waals surface area contributed by atoms with Gasteiger partial charge in [0.05, 0.1) is 30.2 Å². The topological polar surface area (TPSA) is 196 Å². The molecule has 1 aromatic carbocycles. The van der Waals surface area contributed by atoms with Crippen LogP contribution in [0.1, 0.15) is 89.5 Å². The molecule has 0 aliphatic carbocycles. The lowest BCUT2D eigenvalue weighted by molar-refractivity contribution is -0.384. The molecule has 0 spiro atoms. The molecule has 17 nitrogen and oxygen atoms in total. The molecule has 2 rings (SSSR count). The zero-order chi connectivity index (χ0) is 40.6. The van der Waals surface area contributed by atoms with Crippen LogP contribution in [0.15, 0.2) is 24.3 Å². The highest BCUT2D eigenvalue weighted by molar-refractivity contribution is 5.89.